The van der Waals surface area contributed by atoms with Crippen LogP contribution in [0.25, 0.3) is 28.0 Å². The minimum absolute atomic E-state index is 0.0916. The Bertz CT molecular complexity index is 1650. The Balaban J connectivity index is 1.35. The number of hydrogen-bond donors (Lipinski definition) is 2. The van der Waals surface area contributed by atoms with Crippen molar-refractivity contribution >= 4 is 40.2 Å². The number of oxazole rings is 1. The first-order chi connectivity index (χ1) is 17.8. The molecule has 1 aliphatic carbocycles. The summed E-state index contributed by atoms with van der Waals surface area (Å²) in [5, 5.41) is 36.0. The highest BCUT2D eigenvalue weighted by Crippen LogP contribution is 2.43. The Morgan fingerprint density at radius 2 is 2.11 bits per heavy atom. The molecule has 6 rings (SSSR count). The fraction of sp³-hybridized carbons (Fsp3) is 0.154. The number of carboxylic acids is 1. The lowest BCUT2D eigenvalue weighted by molar-refractivity contribution is -0.619. The lowest BCUT2D eigenvalue weighted by Gasteiger charge is -2.23. The molecule has 0 radical (unpaired) electrons. The van der Waals surface area contributed by atoms with Crippen LogP contribution in [0.2, 0.25) is 5.02 Å². The average molecular weight is 538 g/mol. The van der Waals surface area contributed by atoms with Crippen molar-refractivity contribution in [2.24, 2.45) is 4.99 Å². The second-order valence-electron chi connectivity index (χ2n) is 8.85. The summed E-state index contributed by atoms with van der Waals surface area (Å²) in [5.41, 5.74) is 2.07. The molecule has 0 saturated heterocycles. The third-order valence-corrected chi connectivity index (χ3v) is 7.91. The van der Waals surface area contributed by atoms with Crippen LogP contribution in [0.5, 0.6) is 0 Å². The number of nitrogens with zero attached hydrogens (tertiary/aromatic N) is 3. The number of thiophene rings is 1. The molecule has 1 aliphatic heterocycles. The predicted octanol–water partition coefficient (Wildman–Crippen LogP) is 5.21. The van der Waals surface area contributed by atoms with Crippen molar-refractivity contribution in [1.82, 2.24) is 4.98 Å². The molecule has 11 heteroatoms. The van der Waals surface area contributed by atoms with Gasteiger partial charge >= 0.3 is 5.97 Å². The van der Waals surface area contributed by atoms with E-state index in [2.05, 4.69) is 9.98 Å². The zero-order valence-corrected chi connectivity index (χ0v) is 20.5. The lowest BCUT2D eigenvalue weighted by atomic mass is 9.89. The summed E-state index contributed by atoms with van der Waals surface area (Å²) in [5.74, 6) is -1.65. The highest BCUT2D eigenvalue weighted by Gasteiger charge is 2.49. The molecule has 4 aromatic rings. The highest BCUT2D eigenvalue weighted by atomic mass is 35.5. The van der Waals surface area contributed by atoms with E-state index < -0.39 is 17.4 Å². The summed E-state index contributed by atoms with van der Waals surface area (Å²) >= 11 is 7.05. The SMILES string of the molecule is O=C(O)c1scc(C2=CN=C(C3(O)CCc4cc(-c5cc(Cl)ccc5-c5cnco5)c[n+]([O-])c43)C2)c1F. The Morgan fingerprint density at radius 3 is 2.84 bits per heavy atom. The molecule has 0 bridgehead atoms. The van der Waals surface area contributed by atoms with Gasteiger partial charge in [-0.3, -0.25) is 4.99 Å². The lowest BCUT2D eigenvalue weighted by Crippen LogP contribution is -2.45. The van der Waals surface area contributed by atoms with Crippen molar-refractivity contribution < 1.29 is 28.5 Å². The van der Waals surface area contributed by atoms with Crippen molar-refractivity contribution in [1.29, 1.82) is 0 Å². The number of carboxylic acid groups (broad SMARTS) is 1. The smallest absolute Gasteiger partial charge is 0.348 e. The summed E-state index contributed by atoms with van der Waals surface area (Å²) in [4.78, 5) is 19.1. The van der Waals surface area contributed by atoms with Crippen LogP contribution < -0.4 is 4.73 Å². The number of pyridine rings is 1. The number of fused-ring (bicyclic) bond motifs is 1. The number of aromatic carboxylic acids is 1. The van der Waals surface area contributed by atoms with E-state index in [0.29, 0.717) is 55.5 Å². The fourth-order valence-electron chi connectivity index (χ4n) is 5.00. The first-order valence-corrected chi connectivity index (χ1v) is 12.5. The molecule has 4 heterocycles. The molecule has 186 valence electrons. The quantitative estimate of drug-likeness (QED) is 0.266. The van der Waals surface area contributed by atoms with E-state index in [0.717, 1.165) is 11.3 Å². The zero-order chi connectivity index (χ0) is 25.9. The van der Waals surface area contributed by atoms with Gasteiger partial charge in [-0.05, 0) is 42.7 Å². The Kier molecular flexibility index (Phi) is 5.48. The molecule has 0 amide bonds. The van der Waals surface area contributed by atoms with E-state index in [4.69, 9.17) is 21.1 Å². The van der Waals surface area contributed by atoms with Gasteiger partial charge in [-0.15, -0.1) is 11.3 Å². The molecular weight excluding hydrogens is 521 g/mol. The molecule has 0 spiro atoms. The number of aliphatic imine (C=N–C) groups is 1. The first kappa shape index (κ1) is 23.5. The van der Waals surface area contributed by atoms with Crippen molar-refractivity contribution in [2.75, 3.05) is 0 Å². The largest absolute Gasteiger partial charge is 0.618 e. The molecule has 8 nitrogen and oxygen atoms in total. The molecular formula is C26H17ClFN3O5S. The average Bonchev–Trinajstić information content (AvgIpc) is 3.66. The standard InChI is InChI=1S/C26H17ClFN3O5S/c27-16-1-2-17(20-9-29-12-36-20)18(7-16)15-5-13-3-4-26(34,24(13)31(35)10-15)21-6-14(8-30-21)19-11-37-23(22(19)28)25(32)33/h1-2,5,7-12,34H,3-4,6H2,(H,32,33). The normalized spacial score (nSPS) is 18.6. The van der Waals surface area contributed by atoms with E-state index in [1.807, 2.05) is 6.07 Å². The van der Waals surface area contributed by atoms with Gasteiger partial charge in [-0.25, -0.2) is 14.2 Å². The van der Waals surface area contributed by atoms with Crippen molar-refractivity contribution in [2.45, 2.75) is 24.9 Å². The third kappa shape index (κ3) is 3.76. The van der Waals surface area contributed by atoms with Gasteiger partial charge in [0.15, 0.2) is 29.8 Å². The second-order valence-corrected chi connectivity index (χ2v) is 10.2. The molecule has 1 unspecified atom stereocenters. The van der Waals surface area contributed by atoms with Crippen LogP contribution in [0, 0.1) is 11.0 Å². The Morgan fingerprint density at radius 1 is 1.27 bits per heavy atom. The molecule has 0 fully saturated rings. The van der Waals surface area contributed by atoms with Gasteiger partial charge < -0.3 is 19.8 Å². The summed E-state index contributed by atoms with van der Waals surface area (Å²) in [6, 6.07) is 7.09. The number of aromatic nitrogens is 2. The number of aryl methyl sites for hydroxylation is 1. The number of hydrogen-bond acceptors (Lipinski definition) is 7. The Labute approximate surface area is 218 Å². The first-order valence-electron chi connectivity index (χ1n) is 11.2. The zero-order valence-electron chi connectivity index (χ0n) is 18.9. The molecule has 2 aliphatic rings. The maximum absolute atomic E-state index is 14.6. The maximum Gasteiger partial charge on any atom is 0.348 e. The fourth-order valence-corrected chi connectivity index (χ4v) is 5.97. The highest BCUT2D eigenvalue weighted by molar-refractivity contribution is 7.12. The van der Waals surface area contributed by atoms with Gasteiger partial charge in [0.05, 0.1) is 11.9 Å². The van der Waals surface area contributed by atoms with Gasteiger partial charge in [-0.2, -0.15) is 4.73 Å². The van der Waals surface area contributed by atoms with Crippen LogP contribution >= 0.6 is 22.9 Å². The summed E-state index contributed by atoms with van der Waals surface area (Å²) < 4.78 is 20.7. The van der Waals surface area contributed by atoms with E-state index >= 15 is 0 Å². The van der Waals surface area contributed by atoms with Crippen LogP contribution in [0.1, 0.15) is 39.3 Å². The molecule has 1 atom stereocenters. The monoisotopic (exact) mass is 537 g/mol. The van der Waals surface area contributed by atoms with Crippen LogP contribution in [0.15, 0.2) is 64.0 Å². The minimum Gasteiger partial charge on any atom is -0.618 e. The number of halogens is 2. The van der Waals surface area contributed by atoms with Crippen LogP contribution in [0.3, 0.4) is 0 Å². The van der Waals surface area contributed by atoms with Crippen LogP contribution in [-0.2, 0) is 12.0 Å². The van der Waals surface area contributed by atoms with E-state index in [1.165, 1.54) is 24.2 Å². The van der Waals surface area contributed by atoms with Crippen molar-refractivity contribution in [3.63, 3.8) is 0 Å². The summed E-state index contributed by atoms with van der Waals surface area (Å²) in [6.45, 7) is 0. The summed E-state index contributed by atoms with van der Waals surface area (Å²) in [7, 11) is 0. The maximum atomic E-state index is 14.6. The number of rotatable bonds is 5. The molecule has 1 aromatic carbocycles. The van der Waals surface area contributed by atoms with Crippen molar-refractivity contribution in [3.05, 3.63) is 92.4 Å². The molecule has 37 heavy (non-hydrogen) atoms. The van der Waals surface area contributed by atoms with Crippen LogP contribution in [0.4, 0.5) is 4.39 Å². The molecule has 0 saturated carbocycles. The number of benzene rings is 1. The van der Waals surface area contributed by atoms with Gasteiger partial charge in [0.2, 0.25) is 5.69 Å². The van der Waals surface area contributed by atoms with Crippen LogP contribution in [-0.4, -0.2) is 26.9 Å². The van der Waals surface area contributed by atoms with Crippen molar-refractivity contribution in [3.8, 4) is 22.5 Å². The second kappa shape index (κ2) is 8.62. The number of aliphatic hydroxyl groups is 1. The Hall–Kier alpha value is -3.86. The third-order valence-electron chi connectivity index (χ3n) is 6.73. The number of carbonyl (C=O) groups is 1. The van der Waals surface area contributed by atoms with Gasteiger partial charge in [0.25, 0.3) is 0 Å². The number of allylic oxidation sites excluding steroid dienone is 1. The van der Waals surface area contributed by atoms with E-state index in [1.54, 1.807) is 24.4 Å². The van der Waals surface area contributed by atoms with E-state index in [-0.39, 0.29) is 29.0 Å². The van der Waals surface area contributed by atoms with E-state index in [9.17, 15) is 19.5 Å². The minimum atomic E-state index is -1.64. The predicted molar refractivity (Wildman–Crippen MR) is 135 cm³/mol. The van der Waals surface area contributed by atoms with Gasteiger partial charge in [0, 0.05) is 50.8 Å². The topological polar surface area (TPSA) is 123 Å². The summed E-state index contributed by atoms with van der Waals surface area (Å²) in [6.07, 6.45) is 6.43. The van der Waals surface area contributed by atoms with Gasteiger partial charge in [-0.1, -0.05) is 11.6 Å². The molecule has 3 aromatic heterocycles. The molecule has 2 N–H and O–H groups in total. The van der Waals surface area contributed by atoms with Gasteiger partial charge in [0.1, 0.15) is 4.88 Å².